The van der Waals surface area contributed by atoms with Crippen molar-refractivity contribution in [2.45, 2.75) is 55.0 Å². The Kier molecular flexibility index (Phi) is 10.0. The van der Waals surface area contributed by atoms with Crippen molar-refractivity contribution >= 4 is 19.5 Å². The monoisotopic (exact) mass is 488 g/mol. The summed E-state index contributed by atoms with van der Waals surface area (Å²) in [4.78, 5) is 49.2. The van der Waals surface area contributed by atoms with Crippen molar-refractivity contribution in [3.63, 3.8) is 0 Å². The highest BCUT2D eigenvalue weighted by atomic mass is 31.2. The second kappa shape index (κ2) is 11.6. The zero-order chi connectivity index (χ0) is 25.4. The van der Waals surface area contributed by atoms with Crippen LogP contribution < -0.4 is 11.2 Å². The van der Waals surface area contributed by atoms with Crippen LogP contribution in [0.15, 0.2) is 27.9 Å². The Bertz CT molecular complexity index is 990. The molecule has 0 bridgehead atoms. The molecule has 33 heavy (non-hydrogen) atoms. The van der Waals surface area contributed by atoms with Gasteiger partial charge in [0.05, 0.1) is 17.0 Å². The van der Waals surface area contributed by atoms with Crippen molar-refractivity contribution < 1.29 is 32.7 Å². The first-order valence-electron chi connectivity index (χ1n) is 10.2. The molecule has 12 heteroatoms. The smallest absolute Gasteiger partial charge is 0.340 e. The summed E-state index contributed by atoms with van der Waals surface area (Å²) in [5.41, 5.74) is -2.26. The van der Waals surface area contributed by atoms with E-state index in [9.17, 15) is 23.7 Å². The summed E-state index contributed by atoms with van der Waals surface area (Å²) in [5.74, 6) is -1.12. The third-order valence-electron chi connectivity index (χ3n) is 4.09. The van der Waals surface area contributed by atoms with Gasteiger partial charge >= 0.3 is 25.2 Å². The predicted octanol–water partition coefficient (Wildman–Crippen LogP) is 2.72. The summed E-state index contributed by atoms with van der Waals surface area (Å²) < 4.78 is 34.7. The first-order chi connectivity index (χ1) is 15.0. The van der Waals surface area contributed by atoms with E-state index in [-0.39, 0.29) is 12.7 Å². The van der Waals surface area contributed by atoms with E-state index in [1.165, 1.54) is 22.9 Å². The number of H-pyrrole nitrogens is 1. The summed E-state index contributed by atoms with van der Waals surface area (Å²) in [5, 5.41) is 0. The Hall–Kier alpha value is -2.49. The summed E-state index contributed by atoms with van der Waals surface area (Å²) >= 11 is 0. The molecule has 1 aromatic heterocycles. The molecule has 0 saturated carbocycles. The molecule has 0 saturated heterocycles. The minimum atomic E-state index is -3.87. The maximum absolute atomic E-state index is 13.1. The van der Waals surface area contributed by atoms with Crippen LogP contribution in [0.4, 0.5) is 0 Å². The fourth-order valence-electron chi connectivity index (χ4n) is 2.04. The Labute approximate surface area is 192 Å². The van der Waals surface area contributed by atoms with Crippen molar-refractivity contribution in [1.82, 2.24) is 9.55 Å². The zero-order valence-corrected chi connectivity index (χ0v) is 21.0. The highest BCUT2D eigenvalue weighted by Crippen LogP contribution is 2.48. The Balaban J connectivity index is 2.82. The van der Waals surface area contributed by atoms with Crippen molar-refractivity contribution in [2.75, 3.05) is 19.7 Å². The predicted molar refractivity (Wildman–Crippen MR) is 121 cm³/mol. The second-order valence-electron chi connectivity index (χ2n) is 9.35. The molecule has 0 aliphatic heterocycles. The molecule has 0 aliphatic carbocycles. The lowest BCUT2D eigenvalue weighted by molar-refractivity contribution is -0.161. The maximum atomic E-state index is 13.1. The number of esters is 2. The van der Waals surface area contributed by atoms with Crippen LogP contribution >= 0.6 is 7.60 Å². The number of carbonyl (C=O) groups is 2. The molecule has 1 heterocycles. The van der Waals surface area contributed by atoms with Crippen molar-refractivity contribution in [3.8, 4) is 0 Å². The SMILES string of the molecule is Cc1cn(C/C=C\CP(=O)(OCOC(=O)C(C)(C)C)OCOC(=O)C(C)(C)C)c(=O)[nH]c1=O. The summed E-state index contributed by atoms with van der Waals surface area (Å²) in [6.45, 7) is 10.3. The zero-order valence-electron chi connectivity index (χ0n) is 20.1. The molecule has 0 aliphatic rings. The molecule has 1 aromatic rings. The van der Waals surface area contributed by atoms with Gasteiger partial charge in [0.2, 0.25) is 13.6 Å². The average Bonchev–Trinajstić information content (AvgIpc) is 2.67. The molecule has 0 unspecified atom stereocenters. The van der Waals surface area contributed by atoms with Crippen LogP contribution in [0.2, 0.25) is 0 Å². The number of nitrogens with one attached hydrogen (secondary N) is 1. The number of allylic oxidation sites excluding steroid dienone is 2. The summed E-state index contributed by atoms with van der Waals surface area (Å²) in [6, 6.07) is 0. The topological polar surface area (TPSA) is 143 Å². The quantitative estimate of drug-likeness (QED) is 0.227. The largest absolute Gasteiger partial charge is 0.438 e. The third kappa shape index (κ3) is 9.89. The van der Waals surface area contributed by atoms with E-state index in [1.807, 2.05) is 0 Å². The lowest BCUT2D eigenvalue weighted by Crippen LogP contribution is -2.30. The number of hydrogen-bond acceptors (Lipinski definition) is 9. The summed E-state index contributed by atoms with van der Waals surface area (Å²) in [7, 11) is -3.87. The van der Waals surface area contributed by atoms with Gasteiger partial charge in [0.25, 0.3) is 5.56 Å². The highest BCUT2D eigenvalue weighted by molar-refractivity contribution is 7.54. The molecular weight excluding hydrogens is 455 g/mol. The van der Waals surface area contributed by atoms with Crippen molar-refractivity contribution in [1.29, 1.82) is 0 Å². The van der Waals surface area contributed by atoms with Gasteiger partial charge in [-0.05, 0) is 48.5 Å². The van der Waals surface area contributed by atoms with E-state index >= 15 is 0 Å². The first kappa shape index (κ1) is 28.5. The number of hydrogen-bond donors (Lipinski definition) is 1. The maximum Gasteiger partial charge on any atom is 0.340 e. The lowest BCUT2D eigenvalue weighted by Gasteiger charge is -2.21. The van der Waals surface area contributed by atoms with Gasteiger partial charge in [0.1, 0.15) is 0 Å². The normalized spacial score (nSPS) is 12.7. The van der Waals surface area contributed by atoms with Crippen molar-refractivity contribution in [2.24, 2.45) is 10.8 Å². The van der Waals surface area contributed by atoms with Gasteiger partial charge in [-0.1, -0.05) is 12.2 Å². The summed E-state index contributed by atoms with van der Waals surface area (Å²) in [6.07, 6.45) is 4.13. The Morgan fingerprint density at radius 3 is 1.91 bits per heavy atom. The van der Waals surface area contributed by atoms with E-state index < -0.39 is 55.2 Å². The second-order valence-corrected chi connectivity index (χ2v) is 11.4. The molecule has 0 atom stereocenters. The molecule has 0 fully saturated rings. The number of nitrogens with zero attached hydrogens (tertiary/aromatic N) is 1. The fourth-order valence-corrected chi connectivity index (χ4v) is 3.16. The highest BCUT2D eigenvalue weighted by Gasteiger charge is 2.29. The van der Waals surface area contributed by atoms with Crippen LogP contribution in [0.25, 0.3) is 0 Å². The molecule has 1 rings (SSSR count). The van der Waals surface area contributed by atoms with Gasteiger partial charge in [-0.25, -0.2) is 4.79 Å². The van der Waals surface area contributed by atoms with Crippen LogP contribution in [-0.2, 0) is 39.2 Å². The van der Waals surface area contributed by atoms with E-state index in [2.05, 4.69) is 4.98 Å². The number of ether oxygens (including phenoxy) is 2. The average molecular weight is 488 g/mol. The molecule has 11 nitrogen and oxygen atoms in total. The minimum absolute atomic E-state index is 0.0917. The number of rotatable bonds is 10. The van der Waals surface area contributed by atoms with Crippen LogP contribution in [0.3, 0.4) is 0 Å². The van der Waals surface area contributed by atoms with Crippen LogP contribution in [0, 0.1) is 17.8 Å². The van der Waals surface area contributed by atoms with Gasteiger partial charge in [0, 0.05) is 18.3 Å². The van der Waals surface area contributed by atoms with Gasteiger partial charge in [0.15, 0.2) is 0 Å². The molecule has 1 N–H and O–H groups in total. The van der Waals surface area contributed by atoms with E-state index in [0.717, 1.165) is 0 Å². The van der Waals surface area contributed by atoms with Crippen LogP contribution in [-0.4, -0.2) is 41.2 Å². The third-order valence-corrected chi connectivity index (χ3v) is 5.75. The van der Waals surface area contributed by atoms with E-state index in [1.54, 1.807) is 48.5 Å². The molecule has 0 amide bonds. The van der Waals surface area contributed by atoms with Gasteiger partial charge in [-0.2, -0.15) is 0 Å². The Morgan fingerprint density at radius 2 is 1.45 bits per heavy atom. The fraction of sp³-hybridized carbons (Fsp3) is 0.619. The van der Waals surface area contributed by atoms with Gasteiger partial charge in [-0.15, -0.1) is 0 Å². The minimum Gasteiger partial charge on any atom is -0.438 e. The van der Waals surface area contributed by atoms with Crippen LogP contribution in [0.5, 0.6) is 0 Å². The standard InChI is InChI=1S/C21H33N2O9P/c1-15-12-23(19(27)22-16(15)24)10-8-9-11-33(28,31-13-29-17(25)20(2,3)4)32-14-30-18(26)21(5,6)7/h8-9,12H,10-11,13-14H2,1-7H3,(H,22,24,27)/b9-8-. The van der Waals surface area contributed by atoms with Gasteiger partial charge < -0.3 is 9.47 Å². The molecule has 0 aromatic carbocycles. The molecule has 186 valence electrons. The number of aromatic amines is 1. The van der Waals surface area contributed by atoms with Crippen molar-refractivity contribution in [3.05, 3.63) is 44.8 Å². The number of aromatic nitrogens is 2. The molecular formula is C21H33N2O9P. The molecule has 0 spiro atoms. The van der Waals surface area contributed by atoms with Crippen LogP contribution in [0.1, 0.15) is 47.1 Å². The van der Waals surface area contributed by atoms with E-state index in [0.29, 0.717) is 5.56 Å². The number of aryl methyl sites for hydroxylation is 1. The first-order valence-corrected chi connectivity index (χ1v) is 12.0. The van der Waals surface area contributed by atoms with E-state index in [4.69, 9.17) is 18.5 Å². The van der Waals surface area contributed by atoms with Gasteiger partial charge in [-0.3, -0.25) is 37.5 Å². The Morgan fingerprint density at radius 1 is 0.970 bits per heavy atom. The number of carbonyl (C=O) groups excluding carboxylic acids is 2. The molecule has 0 radical (unpaired) electrons. The lowest BCUT2D eigenvalue weighted by atomic mass is 9.98.